The van der Waals surface area contributed by atoms with E-state index in [1.54, 1.807) is 23.9 Å². The summed E-state index contributed by atoms with van der Waals surface area (Å²) in [6.45, 7) is 3.94. The van der Waals surface area contributed by atoms with Gasteiger partial charge in [0.1, 0.15) is 17.4 Å². The van der Waals surface area contributed by atoms with Gasteiger partial charge in [-0.1, -0.05) is 12.1 Å². The molecule has 1 amide bonds. The Morgan fingerprint density at radius 3 is 2.72 bits per heavy atom. The molecular weight excluding hydrogens is 464 g/mol. The molecule has 11 heteroatoms. The number of hydrogen-bond acceptors (Lipinski definition) is 7. The molecule has 0 fully saturated rings. The van der Waals surface area contributed by atoms with Crippen LogP contribution in [0.3, 0.4) is 0 Å². The molecule has 4 aromatic rings. The van der Waals surface area contributed by atoms with Crippen molar-refractivity contribution in [2.75, 3.05) is 13.7 Å². The number of carbonyl (C=O) groups is 1. The molecule has 0 saturated carbocycles. The molecule has 0 saturated heterocycles. The fourth-order valence-electron chi connectivity index (χ4n) is 4.08. The highest BCUT2D eigenvalue weighted by Crippen LogP contribution is 2.22. The predicted octanol–water partition coefficient (Wildman–Crippen LogP) is 2.82. The summed E-state index contributed by atoms with van der Waals surface area (Å²) in [7, 11) is 1.55. The third kappa shape index (κ3) is 4.25. The first-order valence-electron chi connectivity index (χ1n) is 11.1. The zero-order valence-corrected chi connectivity index (χ0v) is 19.9. The van der Waals surface area contributed by atoms with Gasteiger partial charge in [0.05, 0.1) is 21.4 Å². The molecule has 1 aromatic carbocycles. The van der Waals surface area contributed by atoms with Crippen LogP contribution in [0.15, 0.2) is 52.4 Å². The van der Waals surface area contributed by atoms with Gasteiger partial charge in [-0.3, -0.25) is 24.1 Å². The number of amides is 1. The molecular formula is C25H22N6O5. The summed E-state index contributed by atoms with van der Waals surface area (Å²) in [5.41, 5.74) is 1.13. The van der Waals surface area contributed by atoms with Gasteiger partial charge in [0, 0.05) is 38.1 Å². The fourth-order valence-corrected chi connectivity index (χ4v) is 4.08. The Morgan fingerprint density at radius 1 is 1.25 bits per heavy atom. The molecule has 3 heterocycles. The lowest BCUT2D eigenvalue weighted by molar-refractivity contribution is -0.385. The summed E-state index contributed by atoms with van der Waals surface area (Å²) in [6.07, 6.45) is 2.10. The number of aromatic nitrogens is 3. The lowest BCUT2D eigenvalue weighted by atomic mass is 10.1. The van der Waals surface area contributed by atoms with Crippen molar-refractivity contribution in [2.24, 2.45) is 4.99 Å². The first-order valence-corrected chi connectivity index (χ1v) is 11.1. The number of rotatable bonds is 6. The maximum Gasteiger partial charge on any atom is 0.279 e. The summed E-state index contributed by atoms with van der Waals surface area (Å²) < 4.78 is 8.13. The number of nitrogens with zero attached hydrogens (tertiary/aromatic N) is 6. The number of nitro groups is 1. The van der Waals surface area contributed by atoms with Crippen molar-refractivity contribution in [1.82, 2.24) is 14.0 Å². The number of nitriles is 1. The van der Waals surface area contributed by atoms with Crippen molar-refractivity contribution in [1.29, 1.82) is 5.26 Å². The number of carbonyl (C=O) groups excluding carboxylic acids is 1. The highest BCUT2D eigenvalue weighted by molar-refractivity contribution is 5.97. The van der Waals surface area contributed by atoms with Crippen molar-refractivity contribution >= 4 is 28.3 Å². The number of pyridine rings is 2. The van der Waals surface area contributed by atoms with Crippen LogP contribution in [0.2, 0.25) is 0 Å². The van der Waals surface area contributed by atoms with Crippen molar-refractivity contribution in [3.63, 3.8) is 0 Å². The molecule has 182 valence electrons. The monoisotopic (exact) mass is 486 g/mol. The van der Waals surface area contributed by atoms with E-state index in [0.717, 1.165) is 5.56 Å². The quantitative estimate of drug-likeness (QED) is 0.176. The number of nitro benzene ring substituents is 1. The van der Waals surface area contributed by atoms with Gasteiger partial charge in [-0.05, 0) is 44.0 Å². The van der Waals surface area contributed by atoms with E-state index < -0.39 is 10.8 Å². The van der Waals surface area contributed by atoms with Crippen LogP contribution >= 0.6 is 0 Å². The minimum absolute atomic E-state index is 0.00264. The first kappa shape index (κ1) is 24.4. The summed E-state index contributed by atoms with van der Waals surface area (Å²) in [5, 5.41) is 21.4. The van der Waals surface area contributed by atoms with Crippen LogP contribution in [-0.4, -0.2) is 38.5 Å². The molecule has 0 bridgehead atoms. The van der Waals surface area contributed by atoms with Crippen LogP contribution in [-0.2, 0) is 11.3 Å². The van der Waals surface area contributed by atoms with Gasteiger partial charge < -0.3 is 9.30 Å². The van der Waals surface area contributed by atoms with Crippen molar-refractivity contribution in [3.8, 4) is 6.07 Å². The van der Waals surface area contributed by atoms with Gasteiger partial charge >= 0.3 is 0 Å². The lowest BCUT2D eigenvalue weighted by Gasteiger charge is -2.14. The fraction of sp³-hybridized carbons (Fsp3) is 0.240. The van der Waals surface area contributed by atoms with E-state index in [2.05, 4.69) is 4.99 Å². The standard InChI is InChI=1S/C25H22N6O5/c1-15-7-5-10-30-21(15)27-23-19(25(30)33)13-17(14-26)22(29(23)11-6-12-36-3)28-24(32)18-8-4-9-20(16(18)2)31(34)35/h4-5,7-10,13H,6,11-12H2,1-3H3. The zero-order chi connectivity index (χ0) is 26.0. The molecule has 0 aliphatic heterocycles. The van der Waals surface area contributed by atoms with E-state index in [1.807, 2.05) is 19.1 Å². The third-order valence-electron chi connectivity index (χ3n) is 5.90. The van der Waals surface area contributed by atoms with Crippen molar-refractivity contribution in [2.45, 2.75) is 26.8 Å². The Labute approximate surface area is 204 Å². The number of benzene rings is 1. The Bertz CT molecular complexity index is 1710. The van der Waals surface area contributed by atoms with E-state index >= 15 is 0 Å². The number of fused-ring (bicyclic) bond motifs is 2. The number of hydrogen-bond donors (Lipinski definition) is 0. The summed E-state index contributed by atoms with van der Waals surface area (Å²) in [4.78, 5) is 46.2. The minimum Gasteiger partial charge on any atom is -0.385 e. The van der Waals surface area contributed by atoms with E-state index in [-0.39, 0.29) is 51.0 Å². The van der Waals surface area contributed by atoms with E-state index in [9.17, 15) is 25.0 Å². The Hall–Kier alpha value is -4.69. The maximum atomic E-state index is 13.3. The van der Waals surface area contributed by atoms with Gasteiger partial charge in [0.15, 0.2) is 5.49 Å². The van der Waals surface area contributed by atoms with Gasteiger partial charge in [-0.2, -0.15) is 10.3 Å². The topological polar surface area (TPSA) is 145 Å². The van der Waals surface area contributed by atoms with Gasteiger partial charge in [0.2, 0.25) is 0 Å². The molecule has 0 radical (unpaired) electrons. The zero-order valence-electron chi connectivity index (χ0n) is 19.9. The smallest absolute Gasteiger partial charge is 0.279 e. The second kappa shape index (κ2) is 9.89. The average Bonchev–Trinajstić information content (AvgIpc) is 2.85. The van der Waals surface area contributed by atoms with Crippen LogP contribution in [0.1, 0.15) is 33.5 Å². The van der Waals surface area contributed by atoms with Gasteiger partial charge in [0.25, 0.3) is 17.2 Å². The number of ether oxygens (including phenoxy) is 1. The predicted molar refractivity (Wildman–Crippen MR) is 131 cm³/mol. The lowest BCUT2D eigenvalue weighted by Crippen LogP contribution is -2.30. The second-order valence-corrected chi connectivity index (χ2v) is 8.15. The number of aryl methyl sites for hydroxylation is 2. The van der Waals surface area contributed by atoms with Crippen LogP contribution in [0, 0.1) is 35.3 Å². The molecule has 4 rings (SSSR count). The van der Waals surface area contributed by atoms with Gasteiger partial charge in [-0.25, -0.2) is 4.98 Å². The van der Waals surface area contributed by atoms with Gasteiger partial charge in [-0.15, -0.1) is 0 Å². The summed E-state index contributed by atoms with van der Waals surface area (Å²) in [5.74, 6) is -0.749. The Balaban J connectivity index is 2.07. The third-order valence-corrected chi connectivity index (χ3v) is 5.90. The largest absolute Gasteiger partial charge is 0.385 e. The minimum atomic E-state index is -0.749. The molecule has 0 spiro atoms. The van der Waals surface area contributed by atoms with Crippen LogP contribution < -0.4 is 11.0 Å². The van der Waals surface area contributed by atoms with E-state index in [0.29, 0.717) is 18.7 Å². The highest BCUT2D eigenvalue weighted by Gasteiger charge is 2.20. The summed E-state index contributed by atoms with van der Waals surface area (Å²) >= 11 is 0. The Morgan fingerprint density at radius 2 is 2.03 bits per heavy atom. The van der Waals surface area contributed by atoms with Crippen LogP contribution in [0.4, 0.5) is 5.69 Å². The van der Waals surface area contributed by atoms with E-state index in [4.69, 9.17) is 9.72 Å². The average molecular weight is 486 g/mol. The summed E-state index contributed by atoms with van der Waals surface area (Å²) in [6, 6.07) is 11.1. The second-order valence-electron chi connectivity index (χ2n) is 8.15. The molecule has 0 N–H and O–H groups in total. The Kier molecular flexibility index (Phi) is 6.71. The van der Waals surface area contributed by atoms with Crippen molar-refractivity contribution < 1.29 is 14.5 Å². The van der Waals surface area contributed by atoms with Crippen LogP contribution in [0.25, 0.3) is 16.7 Å². The molecule has 11 nitrogen and oxygen atoms in total. The van der Waals surface area contributed by atoms with Crippen molar-refractivity contribution in [3.05, 3.63) is 90.8 Å². The molecule has 0 unspecified atom stereocenters. The molecule has 36 heavy (non-hydrogen) atoms. The van der Waals surface area contributed by atoms with E-state index in [1.165, 1.54) is 35.6 Å². The highest BCUT2D eigenvalue weighted by atomic mass is 16.6. The maximum absolute atomic E-state index is 13.3. The molecule has 0 atom stereocenters. The molecule has 3 aromatic heterocycles. The SMILES string of the molecule is COCCCn1c(=NC(=O)c2cccc([N+](=O)[O-])c2C)c(C#N)cc2c(=O)n3cccc(C)c3nc21. The van der Waals surface area contributed by atoms with Crippen LogP contribution in [0.5, 0.6) is 0 Å². The normalized spacial score (nSPS) is 11.7. The number of methoxy groups -OCH3 is 1. The molecule has 0 aliphatic carbocycles. The first-order chi connectivity index (χ1) is 17.3. The molecule has 0 aliphatic rings.